The number of aromatic nitrogens is 2. The molecular weight excluding hydrogens is 266 g/mol. The van der Waals surface area contributed by atoms with Crippen molar-refractivity contribution in [3.8, 4) is 11.8 Å². The summed E-state index contributed by atoms with van der Waals surface area (Å²) in [6, 6.07) is 10.3. The van der Waals surface area contributed by atoms with Crippen LogP contribution < -0.4 is 10.1 Å². The summed E-state index contributed by atoms with van der Waals surface area (Å²) in [6.45, 7) is 0.714. The smallest absolute Gasteiger partial charge is 0.399 e. The zero-order valence-corrected chi connectivity index (χ0v) is 11.5. The first kappa shape index (κ1) is 12.3. The highest BCUT2D eigenvalue weighted by molar-refractivity contribution is 5.84. The lowest BCUT2D eigenvalue weighted by atomic mass is 10.2. The molecule has 0 aliphatic heterocycles. The summed E-state index contributed by atoms with van der Waals surface area (Å²) in [5.74, 6) is 0.650. The summed E-state index contributed by atoms with van der Waals surface area (Å²) in [4.78, 5) is 8.68. The molecular formula is C16H15N3O2. The lowest BCUT2D eigenvalue weighted by molar-refractivity contribution is 0.333. The zero-order valence-electron chi connectivity index (χ0n) is 11.5. The topological polar surface area (TPSA) is 60.2 Å². The van der Waals surface area contributed by atoms with Crippen LogP contribution in [0.25, 0.3) is 10.9 Å². The molecule has 5 heteroatoms. The predicted molar refractivity (Wildman–Crippen MR) is 78.2 cm³/mol. The van der Waals surface area contributed by atoms with Gasteiger partial charge in [-0.1, -0.05) is 18.2 Å². The van der Waals surface area contributed by atoms with Crippen LogP contribution in [0, 0.1) is 0 Å². The molecule has 1 N–H and O–H groups in total. The van der Waals surface area contributed by atoms with Crippen LogP contribution in [0.1, 0.15) is 18.5 Å². The minimum atomic E-state index is 0.251. The fourth-order valence-electron chi connectivity index (χ4n) is 2.21. The van der Waals surface area contributed by atoms with E-state index in [0.717, 1.165) is 16.6 Å². The quantitative estimate of drug-likeness (QED) is 0.777. The van der Waals surface area contributed by atoms with E-state index < -0.39 is 0 Å². The molecule has 1 fully saturated rings. The number of hydrogen-bond donors (Lipinski definition) is 1. The maximum absolute atomic E-state index is 5.73. The first-order valence-electron chi connectivity index (χ1n) is 7.08. The van der Waals surface area contributed by atoms with Crippen molar-refractivity contribution in [1.82, 2.24) is 15.3 Å². The molecule has 21 heavy (non-hydrogen) atoms. The van der Waals surface area contributed by atoms with Crippen molar-refractivity contribution in [2.24, 2.45) is 0 Å². The van der Waals surface area contributed by atoms with E-state index in [1.807, 2.05) is 30.3 Å². The Balaban J connectivity index is 1.53. The van der Waals surface area contributed by atoms with Crippen molar-refractivity contribution in [3.63, 3.8) is 0 Å². The van der Waals surface area contributed by atoms with Crippen molar-refractivity contribution < 1.29 is 9.15 Å². The molecule has 4 rings (SSSR count). The summed E-state index contributed by atoms with van der Waals surface area (Å²) < 4.78 is 11.1. The first-order valence-corrected chi connectivity index (χ1v) is 7.08. The molecule has 0 atom stereocenters. The monoisotopic (exact) mass is 281 g/mol. The third-order valence-electron chi connectivity index (χ3n) is 3.47. The van der Waals surface area contributed by atoms with Gasteiger partial charge in [0, 0.05) is 24.2 Å². The van der Waals surface area contributed by atoms with Crippen LogP contribution in [0.15, 0.2) is 47.2 Å². The van der Waals surface area contributed by atoms with Gasteiger partial charge in [-0.2, -0.15) is 4.98 Å². The van der Waals surface area contributed by atoms with Gasteiger partial charge in [0.05, 0.1) is 5.69 Å². The molecule has 2 heterocycles. The normalized spacial score (nSPS) is 14.5. The molecule has 0 bridgehead atoms. The van der Waals surface area contributed by atoms with E-state index in [1.165, 1.54) is 12.8 Å². The molecule has 0 radical (unpaired) electrons. The number of oxazole rings is 1. The Hall–Kier alpha value is -2.40. The van der Waals surface area contributed by atoms with Crippen molar-refractivity contribution in [2.75, 3.05) is 0 Å². The Kier molecular flexibility index (Phi) is 3.05. The zero-order chi connectivity index (χ0) is 14.1. The molecule has 0 spiro atoms. The minimum Gasteiger partial charge on any atom is -0.417 e. The Morgan fingerprint density at radius 1 is 1.24 bits per heavy atom. The van der Waals surface area contributed by atoms with Crippen molar-refractivity contribution >= 4 is 10.9 Å². The first-order chi connectivity index (χ1) is 10.4. The van der Waals surface area contributed by atoms with Crippen LogP contribution in [0.2, 0.25) is 0 Å². The standard InChI is InChI=1S/C16H15N3O2/c1-3-11-4-2-8-17-15(11)14(5-1)21-16-19-13(10-20-16)9-18-12-6-7-12/h1-5,8,10,12,18H,6-7,9H2. The molecule has 106 valence electrons. The van der Waals surface area contributed by atoms with Crippen LogP contribution >= 0.6 is 0 Å². The number of nitrogens with zero attached hydrogens (tertiary/aromatic N) is 2. The van der Waals surface area contributed by atoms with E-state index in [1.54, 1.807) is 12.5 Å². The molecule has 1 aliphatic rings. The van der Waals surface area contributed by atoms with E-state index in [2.05, 4.69) is 15.3 Å². The number of nitrogens with one attached hydrogen (secondary N) is 1. The summed E-state index contributed by atoms with van der Waals surface area (Å²) in [5.41, 5.74) is 1.65. The second-order valence-electron chi connectivity index (χ2n) is 5.19. The molecule has 1 saturated carbocycles. The largest absolute Gasteiger partial charge is 0.417 e. The van der Waals surface area contributed by atoms with Gasteiger partial charge in [-0.15, -0.1) is 0 Å². The number of ether oxygens (including phenoxy) is 1. The van der Waals surface area contributed by atoms with E-state index in [4.69, 9.17) is 9.15 Å². The minimum absolute atomic E-state index is 0.251. The second-order valence-corrected chi connectivity index (χ2v) is 5.19. The molecule has 3 aromatic rings. The highest BCUT2D eigenvalue weighted by Gasteiger charge is 2.20. The van der Waals surface area contributed by atoms with Gasteiger partial charge in [0.1, 0.15) is 11.8 Å². The molecule has 5 nitrogen and oxygen atoms in total. The molecule has 0 amide bonds. The summed E-state index contributed by atoms with van der Waals surface area (Å²) in [7, 11) is 0. The number of benzene rings is 1. The number of para-hydroxylation sites is 1. The van der Waals surface area contributed by atoms with E-state index >= 15 is 0 Å². The average Bonchev–Trinajstić information content (AvgIpc) is 3.25. The number of hydrogen-bond acceptors (Lipinski definition) is 5. The Morgan fingerprint density at radius 3 is 3.05 bits per heavy atom. The van der Waals surface area contributed by atoms with Crippen molar-refractivity contribution in [3.05, 3.63) is 48.5 Å². The molecule has 1 aromatic carbocycles. The van der Waals surface area contributed by atoms with Crippen LogP contribution in [0.4, 0.5) is 0 Å². The number of pyridine rings is 1. The van der Waals surface area contributed by atoms with Gasteiger partial charge in [-0.3, -0.25) is 4.98 Å². The van der Waals surface area contributed by atoms with E-state index in [0.29, 0.717) is 18.3 Å². The van der Waals surface area contributed by atoms with E-state index in [9.17, 15) is 0 Å². The fourth-order valence-corrected chi connectivity index (χ4v) is 2.21. The van der Waals surface area contributed by atoms with Gasteiger partial charge < -0.3 is 14.5 Å². The van der Waals surface area contributed by atoms with Crippen LogP contribution in [-0.2, 0) is 6.54 Å². The maximum Gasteiger partial charge on any atom is 0.399 e. The van der Waals surface area contributed by atoms with Crippen molar-refractivity contribution in [1.29, 1.82) is 0 Å². The summed E-state index contributed by atoms with van der Waals surface area (Å²) >= 11 is 0. The lowest BCUT2D eigenvalue weighted by Gasteiger charge is -2.04. The lowest BCUT2D eigenvalue weighted by Crippen LogP contribution is -2.15. The van der Waals surface area contributed by atoms with Gasteiger partial charge in [0.25, 0.3) is 0 Å². The molecule has 0 unspecified atom stereocenters. The maximum atomic E-state index is 5.73. The summed E-state index contributed by atoms with van der Waals surface area (Å²) in [6.07, 6.45) is 6.13. The highest BCUT2D eigenvalue weighted by atomic mass is 16.6. The van der Waals surface area contributed by atoms with Gasteiger partial charge in [0.2, 0.25) is 0 Å². The van der Waals surface area contributed by atoms with Crippen LogP contribution in [0.5, 0.6) is 11.8 Å². The fraction of sp³-hybridized carbons (Fsp3) is 0.250. The number of fused-ring (bicyclic) bond motifs is 1. The van der Waals surface area contributed by atoms with Gasteiger partial charge in [0.15, 0.2) is 5.75 Å². The highest BCUT2D eigenvalue weighted by Crippen LogP contribution is 2.28. The van der Waals surface area contributed by atoms with Crippen LogP contribution in [0.3, 0.4) is 0 Å². The average molecular weight is 281 g/mol. The van der Waals surface area contributed by atoms with Gasteiger partial charge >= 0.3 is 6.08 Å². The van der Waals surface area contributed by atoms with Crippen molar-refractivity contribution in [2.45, 2.75) is 25.4 Å². The third-order valence-corrected chi connectivity index (χ3v) is 3.47. The molecule has 0 saturated heterocycles. The van der Waals surface area contributed by atoms with Gasteiger partial charge in [-0.05, 0) is 25.0 Å². The van der Waals surface area contributed by atoms with E-state index in [-0.39, 0.29) is 6.08 Å². The Labute approximate surface area is 122 Å². The Morgan fingerprint density at radius 2 is 2.14 bits per heavy atom. The number of rotatable bonds is 5. The SMILES string of the molecule is c1cnc2c(Oc3nc(CNC4CC4)co3)cccc2c1. The molecule has 1 aliphatic carbocycles. The van der Waals surface area contributed by atoms with Gasteiger partial charge in [-0.25, -0.2) is 0 Å². The summed E-state index contributed by atoms with van der Waals surface area (Å²) in [5, 5.41) is 4.41. The Bertz CT molecular complexity index is 760. The predicted octanol–water partition coefficient (Wildman–Crippen LogP) is 3.27. The third kappa shape index (κ3) is 2.73. The second kappa shape index (κ2) is 5.18. The van der Waals surface area contributed by atoms with Crippen LogP contribution in [-0.4, -0.2) is 16.0 Å². The molecule has 2 aromatic heterocycles.